The molecule has 1 amide bonds. The number of non-ortho nitro benzene ring substituents is 1. The highest BCUT2D eigenvalue weighted by Gasteiger charge is 2.15. The second-order valence-corrected chi connectivity index (χ2v) is 3.73. The number of hydrogen-bond donors (Lipinski definition) is 2. The monoisotopic (exact) mass is 272 g/mol. The Morgan fingerprint density at radius 2 is 2.11 bits per heavy atom. The van der Waals surface area contributed by atoms with E-state index in [1.807, 2.05) is 0 Å². The Balaban J connectivity index is 2.81. The average molecular weight is 273 g/mol. The third-order valence-corrected chi connectivity index (χ3v) is 2.36. The van der Waals surface area contributed by atoms with Gasteiger partial charge in [0.2, 0.25) is 0 Å². The Kier molecular flexibility index (Phi) is 4.61. The topological polar surface area (TPSA) is 110 Å². The number of halogens is 1. The summed E-state index contributed by atoms with van der Waals surface area (Å²) in [5, 5.41) is 21.3. The molecule has 96 valence electrons. The molecule has 2 N–H and O–H groups in total. The molecule has 0 heterocycles. The molecule has 0 saturated heterocycles. The summed E-state index contributed by atoms with van der Waals surface area (Å²) in [5.41, 5.74) is -0.320. The number of nitro groups is 1. The van der Waals surface area contributed by atoms with Gasteiger partial charge >= 0.3 is 5.97 Å². The number of carbonyl (C=O) groups excluding carboxylic acids is 1. The fraction of sp³-hybridized carbons (Fsp3) is 0.200. The Bertz CT molecular complexity index is 503. The summed E-state index contributed by atoms with van der Waals surface area (Å²) >= 11 is 5.74. The van der Waals surface area contributed by atoms with E-state index in [-0.39, 0.29) is 29.2 Å². The van der Waals surface area contributed by atoms with E-state index in [0.717, 1.165) is 6.07 Å². The first-order valence-corrected chi connectivity index (χ1v) is 5.23. The third kappa shape index (κ3) is 3.70. The standard InChI is InChI=1S/C10H9ClN2O5/c11-8-2-1-6(13(17)18)5-7(8)10(16)12-4-3-9(14)15/h1-2,5H,3-4H2,(H,12,16)(H,14,15). The van der Waals surface area contributed by atoms with Crippen LogP contribution >= 0.6 is 11.6 Å². The number of carbonyl (C=O) groups is 2. The fourth-order valence-corrected chi connectivity index (χ4v) is 1.38. The summed E-state index contributed by atoms with van der Waals surface area (Å²) in [7, 11) is 0. The van der Waals surface area contributed by atoms with Gasteiger partial charge < -0.3 is 10.4 Å². The average Bonchev–Trinajstić information content (AvgIpc) is 2.28. The van der Waals surface area contributed by atoms with Crippen LogP contribution < -0.4 is 5.32 Å². The normalized spacial score (nSPS) is 9.83. The van der Waals surface area contributed by atoms with Gasteiger partial charge in [-0.15, -0.1) is 0 Å². The van der Waals surface area contributed by atoms with Crippen molar-refractivity contribution in [2.45, 2.75) is 6.42 Å². The molecule has 0 aliphatic heterocycles. The Morgan fingerprint density at radius 1 is 1.44 bits per heavy atom. The van der Waals surface area contributed by atoms with Gasteiger partial charge in [-0.05, 0) is 6.07 Å². The first-order chi connectivity index (χ1) is 8.41. The fourth-order valence-electron chi connectivity index (χ4n) is 1.18. The van der Waals surface area contributed by atoms with Crippen molar-refractivity contribution < 1.29 is 19.6 Å². The predicted molar refractivity (Wildman–Crippen MR) is 62.7 cm³/mol. The number of hydrogen-bond acceptors (Lipinski definition) is 4. The molecule has 8 heteroatoms. The van der Waals surface area contributed by atoms with Gasteiger partial charge in [0.1, 0.15) is 0 Å². The van der Waals surface area contributed by atoms with E-state index in [1.54, 1.807) is 0 Å². The van der Waals surface area contributed by atoms with Gasteiger partial charge in [0.05, 0.1) is 21.9 Å². The minimum atomic E-state index is -1.06. The summed E-state index contributed by atoms with van der Waals surface area (Å²) in [5.74, 6) is -1.70. The van der Waals surface area contributed by atoms with Crippen molar-refractivity contribution in [2.75, 3.05) is 6.54 Å². The van der Waals surface area contributed by atoms with Crippen LogP contribution in [0.5, 0.6) is 0 Å². The highest BCUT2D eigenvalue weighted by Crippen LogP contribution is 2.21. The van der Waals surface area contributed by atoms with E-state index in [2.05, 4.69) is 5.32 Å². The maximum Gasteiger partial charge on any atom is 0.305 e. The number of nitrogens with zero attached hydrogens (tertiary/aromatic N) is 1. The molecule has 0 bridgehead atoms. The number of nitro benzene ring substituents is 1. The molecule has 0 atom stereocenters. The van der Waals surface area contributed by atoms with Crippen molar-refractivity contribution in [3.8, 4) is 0 Å². The molecular weight excluding hydrogens is 264 g/mol. The van der Waals surface area contributed by atoms with E-state index in [1.165, 1.54) is 12.1 Å². The van der Waals surface area contributed by atoms with Gasteiger partial charge in [0.15, 0.2) is 0 Å². The van der Waals surface area contributed by atoms with Gasteiger partial charge in [-0.3, -0.25) is 19.7 Å². The Hall–Kier alpha value is -2.15. The summed E-state index contributed by atoms with van der Waals surface area (Å²) in [6.07, 6.45) is -0.238. The maximum atomic E-state index is 11.6. The number of aliphatic carboxylic acids is 1. The van der Waals surface area contributed by atoms with E-state index in [9.17, 15) is 19.7 Å². The van der Waals surface area contributed by atoms with Crippen LogP contribution in [0, 0.1) is 10.1 Å². The second kappa shape index (κ2) is 5.97. The lowest BCUT2D eigenvalue weighted by Crippen LogP contribution is -2.26. The maximum absolute atomic E-state index is 11.6. The van der Waals surface area contributed by atoms with Crippen molar-refractivity contribution in [2.24, 2.45) is 0 Å². The van der Waals surface area contributed by atoms with Crippen molar-refractivity contribution in [3.63, 3.8) is 0 Å². The molecule has 0 aliphatic rings. The first kappa shape index (κ1) is 13.9. The predicted octanol–water partition coefficient (Wildman–Crippen LogP) is 1.45. The number of benzene rings is 1. The zero-order chi connectivity index (χ0) is 13.7. The molecule has 1 aromatic carbocycles. The summed E-state index contributed by atoms with van der Waals surface area (Å²) < 4.78 is 0. The zero-order valence-corrected chi connectivity index (χ0v) is 9.81. The van der Waals surface area contributed by atoms with Crippen LogP contribution in [0.15, 0.2) is 18.2 Å². The highest BCUT2D eigenvalue weighted by molar-refractivity contribution is 6.33. The largest absolute Gasteiger partial charge is 0.481 e. The molecule has 1 aromatic rings. The van der Waals surface area contributed by atoms with Gasteiger partial charge in [-0.2, -0.15) is 0 Å². The molecule has 0 spiro atoms. The molecular formula is C10H9ClN2O5. The molecule has 0 aromatic heterocycles. The number of carboxylic acid groups (broad SMARTS) is 1. The Labute approximate surface area is 107 Å². The minimum absolute atomic E-state index is 0.0590. The van der Waals surface area contributed by atoms with Crippen molar-refractivity contribution in [1.82, 2.24) is 5.32 Å². The van der Waals surface area contributed by atoms with Crippen LogP contribution in [0.4, 0.5) is 5.69 Å². The summed E-state index contributed by atoms with van der Waals surface area (Å²) in [4.78, 5) is 31.8. The molecule has 1 rings (SSSR count). The molecule has 7 nitrogen and oxygen atoms in total. The first-order valence-electron chi connectivity index (χ1n) is 4.85. The quantitative estimate of drug-likeness (QED) is 0.623. The summed E-state index contributed by atoms with van der Waals surface area (Å²) in [6.45, 7) is -0.0762. The number of amides is 1. The van der Waals surface area contributed by atoms with Crippen LogP contribution in [0.3, 0.4) is 0 Å². The lowest BCUT2D eigenvalue weighted by Gasteiger charge is -2.05. The Morgan fingerprint density at radius 3 is 2.67 bits per heavy atom. The van der Waals surface area contributed by atoms with Crippen LogP contribution in [0.1, 0.15) is 16.8 Å². The van der Waals surface area contributed by atoms with Gasteiger partial charge in [-0.25, -0.2) is 0 Å². The van der Waals surface area contributed by atoms with Crippen molar-refractivity contribution in [1.29, 1.82) is 0 Å². The van der Waals surface area contributed by atoms with Gasteiger partial charge in [-0.1, -0.05) is 11.6 Å². The van der Waals surface area contributed by atoms with Crippen molar-refractivity contribution >= 4 is 29.2 Å². The van der Waals surface area contributed by atoms with Crippen LogP contribution in [0.25, 0.3) is 0 Å². The molecule has 0 saturated carbocycles. The number of rotatable bonds is 5. The van der Waals surface area contributed by atoms with Crippen LogP contribution in [-0.2, 0) is 4.79 Å². The molecule has 0 fully saturated rings. The number of nitrogens with one attached hydrogen (secondary N) is 1. The zero-order valence-electron chi connectivity index (χ0n) is 9.05. The number of carboxylic acids is 1. The SMILES string of the molecule is O=C(O)CCNC(=O)c1cc([N+](=O)[O-])ccc1Cl. The van der Waals surface area contributed by atoms with E-state index in [4.69, 9.17) is 16.7 Å². The van der Waals surface area contributed by atoms with Crippen LogP contribution in [-0.4, -0.2) is 28.5 Å². The highest BCUT2D eigenvalue weighted by atomic mass is 35.5. The molecule has 0 radical (unpaired) electrons. The van der Waals surface area contributed by atoms with Gasteiger partial charge in [0.25, 0.3) is 11.6 Å². The smallest absolute Gasteiger partial charge is 0.305 e. The van der Waals surface area contributed by atoms with E-state index >= 15 is 0 Å². The van der Waals surface area contributed by atoms with E-state index in [0.29, 0.717) is 0 Å². The lowest BCUT2D eigenvalue weighted by molar-refractivity contribution is -0.384. The molecule has 18 heavy (non-hydrogen) atoms. The van der Waals surface area contributed by atoms with E-state index < -0.39 is 16.8 Å². The molecule has 0 aliphatic carbocycles. The minimum Gasteiger partial charge on any atom is -0.481 e. The second-order valence-electron chi connectivity index (χ2n) is 3.32. The lowest BCUT2D eigenvalue weighted by atomic mass is 10.2. The summed E-state index contributed by atoms with van der Waals surface area (Å²) in [6, 6.07) is 3.46. The van der Waals surface area contributed by atoms with Crippen LogP contribution in [0.2, 0.25) is 5.02 Å². The third-order valence-electron chi connectivity index (χ3n) is 2.03. The molecule has 0 unspecified atom stereocenters. The van der Waals surface area contributed by atoms with Crippen molar-refractivity contribution in [3.05, 3.63) is 38.9 Å². The van der Waals surface area contributed by atoms with Gasteiger partial charge in [0, 0.05) is 18.7 Å².